The quantitative estimate of drug-likeness (QED) is 0.465. The van der Waals surface area contributed by atoms with Crippen LogP contribution in [-0.2, 0) is 11.3 Å². The van der Waals surface area contributed by atoms with Crippen LogP contribution in [0.15, 0.2) is 59.5 Å². The van der Waals surface area contributed by atoms with Crippen molar-refractivity contribution in [3.05, 3.63) is 60.7 Å². The van der Waals surface area contributed by atoms with Gasteiger partial charge in [0.25, 0.3) is 0 Å². The lowest BCUT2D eigenvalue weighted by molar-refractivity contribution is -0.131. The standard InChI is InChI=1S/C24H24N6O2/c31-24(7-10-29-11-8-25-27-29)28-9-1-2-18(15-28)17-3-6-22-19(12-17)13-23(32-22)20-14-26-30(16-20)21-4-5-21/h2-3,6,8,11-14,16,21H,1,4-5,7,9-10,15H2. The summed E-state index contributed by atoms with van der Waals surface area (Å²) in [5.74, 6) is 0.983. The van der Waals surface area contributed by atoms with Crippen LogP contribution in [0.4, 0.5) is 0 Å². The fraction of sp³-hybridized carbons (Fsp3) is 0.333. The number of amides is 1. The summed E-state index contributed by atoms with van der Waals surface area (Å²) >= 11 is 0. The van der Waals surface area contributed by atoms with Crippen molar-refractivity contribution < 1.29 is 9.21 Å². The van der Waals surface area contributed by atoms with Crippen LogP contribution in [0.2, 0.25) is 0 Å². The number of hydrogen-bond donors (Lipinski definition) is 0. The maximum Gasteiger partial charge on any atom is 0.224 e. The largest absolute Gasteiger partial charge is 0.456 e. The highest BCUT2D eigenvalue weighted by Gasteiger charge is 2.25. The molecule has 8 nitrogen and oxygen atoms in total. The Labute approximate surface area is 185 Å². The summed E-state index contributed by atoms with van der Waals surface area (Å²) < 4.78 is 9.81. The van der Waals surface area contributed by atoms with E-state index in [9.17, 15) is 4.79 Å². The second-order valence-corrected chi connectivity index (χ2v) is 8.55. The molecule has 8 heteroatoms. The number of carbonyl (C=O) groups excluding carboxylic acids is 1. The van der Waals surface area contributed by atoms with Crippen molar-refractivity contribution in [3.63, 3.8) is 0 Å². The van der Waals surface area contributed by atoms with E-state index in [-0.39, 0.29) is 5.91 Å². The maximum atomic E-state index is 12.7. The molecule has 162 valence electrons. The number of fused-ring (bicyclic) bond motifs is 1. The minimum atomic E-state index is 0.144. The number of furan rings is 1. The normalized spacial score (nSPS) is 16.5. The van der Waals surface area contributed by atoms with Crippen LogP contribution in [0.5, 0.6) is 0 Å². The van der Waals surface area contributed by atoms with Crippen molar-refractivity contribution in [2.24, 2.45) is 0 Å². The van der Waals surface area contributed by atoms with Gasteiger partial charge in [-0.3, -0.25) is 14.2 Å². The summed E-state index contributed by atoms with van der Waals surface area (Å²) in [6.07, 6.45) is 13.3. The van der Waals surface area contributed by atoms with Crippen LogP contribution >= 0.6 is 0 Å². The summed E-state index contributed by atoms with van der Waals surface area (Å²) in [7, 11) is 0. The molecule has 1 aliphatic heterocycles. The van der Waals surface area contributed by atoms with Gasteiger partial charge in [-0.1, -0.05) is 17.4 Å². The zero-order valence-electron chi connectivity index (χ0n) is 17.7. The highest BCUT2D eigenvalue weighted by molar-refractivity contribution is 5.87. The van der Waals surface area contributed by atoms with E-state index in [1.54, 1.807) is 17.1 Å². The van der Waals surface area contributed by atoms with Crippen molar-refractivity contribution in [2.45, 2.75) is 38.3 Å². The Hall–Kier alpha value is -3.68. The first-order valence-electron chi connectivity index (χ1n) is 11.1. The molecule has 0 spiro atoms. The molecule has 6 rings (SSSR count). The van der Waals surface area contributed by atoms with Gasteiger partial charge < -0.3 is 9.32 Å². The van der Waals surface area contributed by atoms with Gasteiger partial charge in [0.15, 0.2) is 0 Å². The van der Waals surface area contributed by atoms with Gasteiger partial charge >= 0.3 is 0 Å². The van der Waals surface area contributed by atoms with Crippen LogP contribution in [0.3, 0.4) is 0 Å². The Morgan fingerprint density at radius 1 is 1.19 bits per heavy atom. The lowest BCUT2D eigenvalue weighted by Crippen LogP contribution is -2.35. The van der Waals surface area contributed by atoms with Crippen molar-refractivity contribution in [3.8, 4) is 11.3 Å². The summed E-state index contributed by atoms with van der Waals surface area (Å²) in [6.45, 7) is 1.93. The monoisotopic (exact) mass is 428 g/mol. The molecule has 0 N–H and O–H groups in total. The SMILES string of the molecule is O=C(CCn1ccnn1)N1CCC=C(c2ccc3oc(-c4cnn(C5CC5)c4)cc3c2)C1. The van der Waals surface area contributed by atoms with Crippen molar-refractivity contribution in [2.75, 3.05) is 13.1 Å². The first-order valence-corrected chi connectivity index (χ1v) is 11.1. The molecule has 1 amide bonds. The van der Waals surface area contributed by atoms with Gasteiger partial charge in [0.2, 0.25) is 5.91 Å². The predicted molar refractivity (Wildman–Crippen MR) is 120 cm³/mol. The highest BCUT2D eigenvalue weighted by atomic mass is 16.3. The van der Waals surface area contributed by atoms with Crippen molar-refractivity contribution >= 4 is 22.4 Å². The van der Waals surface area contributed by atoms with E-state index in [0.717, 1.165) is 40.8 Å². The Bertz CT molecular complexity index is 1300. The lowest BCUT2D eigenvalue weighted by atomic mass is 9.99. The minimum Gasteiger partial charge on any atom is -0.456 e. The summed E-state index contributed by atoms with van der Waals surface area (Å²) in [6, 6.07) is 8.89. The summed E-state index contributed by atoms with van der Waals surface area (Å²) in [4.78, 5) is 14.6. The van der Waals surface area contributed by atoms with E-state index < -0.39 is 0 Å². The number of nitrogens with zero attached hydrogens (tertiary/aromatic N) is 6. The van der Waals surface area contributed by atoms with E-state index in [2.05, 4.69) is 45.9 Å². The molecule has 0 bridgehead atoms. The third-order valence-electron chi connectivity index (χ3n) is 6.22. The van der Waals surface area contributed by atoms with Gasteiger partial charge in [-0.15, -0.1) is 5.10 Å². The molecule has 3 aromatic heterocycles. The Morgan fingerprint density at radius 3 is 2.97 bits per heavy atom. The third kappa shape index (κ3) is 3.72. The lowest BCUT2D eigenvalue weighted by Gasteiger charge is -2.27. The van der Waals surface area contributed by atoms with Gasteiger partial charge in [0.05, 0.1) is 30.5 Å². The molecule has 32 heavy (non-hydrogen) atoms. The van der Waals surface area contributed by atoms with Crippen LogP contribution in [0.25, 0.3) is 27.9 Å². The van der Waals surface area contributed by atoms with Crippen LogP contribution in [0, 0.1) is 0 Å². The summed E-state index contributed by atoms with van der Waals surface area (Å²) in [5.41, 5.74) is 4.18. The average Bonchev–Trinajstić information content (AvgIpc) is 3.23. The smallest absolute Gasteiger partial charge is 0.224 e. The van der Waals surface area contributed by atoms with Crippen LogP contribution in [0.1, 0.15) is 37.3 Å². The number of carbonyl (C=O) groups is 1. The van der Waals surface area contributed by atoms with Gasteiger partial charge in [0, 0.05) is 37.3 Å². The van der Waals surface area contributed by atoms with Gasteiger partial charge in [0.1, 0.15) is 11.3 Å². The van der Waals surface area contributed by atoms with Crippen LogP contribution < -0.4 is 0 Å². The topological polar surface area (TPSA) is 82.0 Å². The van der Waals surface area contributed by atoms with E-state index >= 15 is 0 Å². The number of aromatic nitrogens is 5. The molecular weight excluding hydrogens is 404 g/mol. The first-order chi connectivity index (χ1) is 15.7. The number of aryl methyl sites for hydroxylation is 1. The molecule has 0 atom stereocenters. The van der Waals surface area contributed by atoms with Gasteiger partial charge in [-0.05, 0) is 48.6 Å². The fourth-order valence-corrected chi connectivity index (χ4v) is 4.28. The molecule has 4 heterocycles. The first kappa shape index (κ1) is 19.0. The number of rotatable bonds is 6. The molecular formula is C24H24N6O2. The predicted octanol–water partition coefficient (Wildman–Crippen LogP) is 3.93. The molecule has 1 aromatic carbocycles. The van der Waals surface area contributed by atoms with Gasteiger partial charge in [-0.25, -0.2) is 0 Å². The second kappa shape index (κ2) is 7.78. The maximum absolute atomic E-state index is 12.7. The van der Waals surface area contributed by atoms with Crippen LogP contribution in [-0.4, -0.2) is 48.7 Å². The van der Waals surface area contributed by atoms with Crippen molar-refractivity contribution in [1.82, 2.24) is 29.7 Å². The zero-order valence-corrected chi connectivity index (χ0v) is 17.7. The zero-order chi connectivity index (χ0) is 21.5. The average molecular weight is 428 g/mol. The van der Waals surface area contributed by atoms with Crippen molar-refractivity contribution in [1.29, 1.82) is 0 Å². The summed E-state index contributed by atoms with van der Waals surface area (Å²) in [5, 5.41) is 13.3. The number of hydrogen-bond acceptors (Lipinski definition) is 5. The number of benzene rings is 1. The Morgan fingerprint density at radius 2 is 2.12 bits per heavy atom. The van der Waals surface area contributed by atoms with E-state index in [1.165, 1.54) is 18.4 Å². The molecule has 0 saturated heterocycles. The third-order valence-corrected chi connectivity index (χ3v) is 6.22. The molecule has 1 aliphatic carbocycles. The van der Waals surface area contributed by atoms with E-state index in [4.69, 9.17) is 4.42 Å². The Kier molecular flexibility index (Phi) is 4.63. The fourth-order valence-electron chi connectivity index (χ4n) is 4.28. The highest BCUT2D eigenvalue weighted by Crippen LogP contribution is 2.36. The molecule has 0 unspecified atom stereocenters. The molecule has 1 saturated carbocycles. The van der Waals surface area contributed by atoms with Gasteiger partial charge in [-0.2, -0.15) is 5.10 Å². The Balaban J connectivity index is 1.18. The minimum absolute atomic E-state index is 0.144. The molecule has 1 fully saturated rings. The van der Waals surface area contributed by atoms with E-state index in [1.807, 2.05) is 21.8 Å². The second-order valence-electron chi connectivity index (χ2n) is 8.55. The molecule has 2 aliphatic rings. The molecule has 4 aromatic rings. The molecule has 0 radical (unpaired) electrons. The van der Waals surface area contributed by atoms with E-state index in [0.29, 0.717) is 25.6 Å².